The fourth-order valence-electron chi connectivity index (χ4n) is 2.14. The summed E-state index contributed by atoms with van der Waals surface area (Å²) in [6.45, 7) is 7.00. The molecule has 1 N–H and O–H groups in total. The number of hydrogen-bond donors (Lipinski definition) is 1. The van der Waals surface area contributed by atoms with E-state index in [1.54, 1.807) is 13.3 Å². The zero-order valence-corrected chi connectivity index (χ0v) is 18.5. The van der Waals surface area contributed by atoms with Gasteiger partial charge >= 0.3 is 104 Å². The molecule has 5 heteroatoms. The maximum atomic E-state index is 10.4. The number of ether oxygens (including phenoxy) is 1. The van der Waals surface area contributed by atoms with Gasteiger partial charge in [0, 0.05) is 12.8 Å². The molecule has 4 nitrogen and oxygen atoms in total. The molecule has 0 bridgehead atoms. The van der Waals surface area contributed by atoms with Crippen molar-refractivity contribution < 1.29 is 19.4 Å². The minimum absolute atomic E-state index is 0.0229. The first-order valence-corrected chi connectivity index (χ1v) is 15.2. The van der Waals surface area contributed by atoms with Gasteiger partial charge in [-0.2, -0.15) is 0 Å². The van der Waals surface area contributed by atoms with Gasteiger partial charge in [0.05, 0.1) is 7.11 Å². The third-order valence-electron chi connectivity index (χ3n) is 3.65. The minimum atomic E-state index is -0.885. The SMILES string of the molecule is CCC[CH2][Sn]([CH2]CCC)[CH2]CCC.COC(=O)CCCC(=O)O. The Hall–Kier alpha value is -0.261. The van der Waals surface area contributed by atoms with Crippen molar-refractivity contribution in [3.63, 3.8) is 0 Å². The molecule has 0 aromatic rings. The number of esters is 1. The standard InChI is InChI=1S/C6H10O4.3C4H9.Sn/c1-10-6(9)4-2-3-5(7)8;3*1-3-4-2;/h2-4H2,1H3,(H,7,8);3*1,3-4H2,2H3;. The number of aliphatic carboxylic acids is 1. The molecule has 0 spiro atoms. The number of carboxylic acid groups (broad SMARTS) is 1. The van der Waals surface area contributed by atoms with Crippen molar-refractivity contribution >= 4 is 31.7 Å². The molecule has 0 aliphatic heterocycles. The number of unbranched alkanes of at least 4 members (excludes halogenated alkanes) is 3. The topological polar surface area (TPSA) is 63.6 Å². The van der Waals surface area contributed by atoms with E-state index in [0.717, 1.165) is 0 Å². The zero-order valence-electron chi connectivity index (χ0n) is 15.7. The van der Waals surface area contributed by atoms with E-state index in [2.05, 4.69) is 25.5 Å². The summed E-state index contributed by atoms with van der Waals surface area (Å²) in [6, 6.07) is 0. The van der Waals surface area contributed by atoms with Gasteiger partial charge in [0.25, 0.3) is 0 Å². The predicted molar refractivity (Wildman–Crippen MR) is 98.4 cm³/mol. The molecular formula is C18H37O4Sn. The maximum Gasteiger partial charge on any atom is 0.305 e. The van der Waals surface area contributed by atoms with E-state index in [0.29, 0.717) is 6.42 Å². The summed E-state index contributed by atoms with van der Waals surface area (Å²) in [7, 11) is 1.28. The number of rotatable bonds is 13. The van der Waals surface area contributed by atoms with Gasteiger partial charge in [0.1, 0.15) is 0 Å². The van der Waals surface area contributed by atoms with Crippen LogP contribution in [0, 0.1) is 0 Å². The molecule has 0 saturated carbocycles. The Morgan fingerprint density at radius 2 is 1.26 bits per heavy atom. The minimum Gasteiger partial charge on any atom is -0.481 e. The van der Waals surface area contributed by atoms with Crippen LogP contribution in [0.5, 0.6) is 0 Å². The molecule has 0 aliphatic rings. The third kappa shape index (κ3) is 21.7. The van der Waals surface area contributed by atoms with Crippen LogP contribution in [-0.4, -0.2) is 43.9 Å². The van der Waals surface area contributed by atoms with Crippen LogP contribution in [0.3, 0.4) is 0 Å². The monoisotopic (exact) mass is 437 g/mol. The van der Waals surface area contributed by atoms with Crippen LogP contribution in [-0.2, 0) is 14.3 Å². The second kappa shape index (κ2) is 19.8. The molecule has 0 fully saturated rings. The fraction of sp³-hybridized carbons (Fsp3) is 0.889. The van der Waals surface area contributed by atoms with E-state index in [1.807, 2.05) is 0 Å². The van der Waals surface area contributed by atoms with E-state index in [4.69, 9.17) is 5.11 Å². The van der Waals surface area contributed by atoms with Crippen molar-refractivity contribution in [1.29, 1.82) is 0 Å². The van der Waals surface area contributed by atoms with E-state index >= 15 is 0 Å². The van der Waals surface area contributed by atoms with Crippen LogP contribution < -0.4 is 0 Å². The first kappa shape index (κ1) is 25.0. The van der Waals surface area contributed by atoms with Crippen molar-refractivity contribution in [2.45, 2.75) is 91.9 Å². The fourth-order valence-corrected chi connectivity index (χ4v) is 11.6. The molecule has 0 aliphatic carbocycles. The smallest absolute Gasteiger partial charge is 0.305 e. The second-order valence-electron chi connectivity index (χ2n) is 5.88. The number of carbonyl (C=O) groups is 2. The van der Waals surface area contributed by atoms with Crippen molar-refractivity contribution in [2.75, 3.05) is 7.11 Å². The summed E-state index contributed by atoms with van der Waals surface area (Å²) in [5.74, 6) is -1.25. The predicted octanol–water partition coefficient (Wildman–Crippen LogP) is 5.30. The van der Waals surface area contributed by atoms with Crippen LogP contribution in [0.15, 0.2) is 0 Å². The Labute approximate surface area is 150 Å². The Bertz CT molecular complexity index is 263. The molecule has 0 atom stereocenters. The van der Waals surface area contributed by atoms with Gasteiger partial charge in [-0.05, 0) is 6.42 Å². The number of carbonyl (C=O) groups excluding carboxylic acids is 1. The van der Waals surface area contributed by atoms with Gasteiger partial charge in [-0.3, -0.25) is 9.59 Å². The average Bonchev–Trinajstić information content (AvgIpc) is 2.54. The average molecular weight is 436 g/mol. The van der Waals surface area contributed by atoms with E-state index in [9.17, 15) is 9.59 Å². The van der Waals surface area contributed by atoms with E-state index in [1.165, 1.54) is 45.6 Å². The van der Waals surface area contributed by atoms with Gasteiger partial charge in [-0.25, -0.2) is 0 Å². The molecule has 0 amide bonds. The van der Waals surface area contributed by atoms with Crippen molar-refractivity contribution in [3.8, 4) is 0 Å². The summed E-state index contributed by atoms with van der Waals surface area (Å²) in [5.41, 5.74) is 0. The number of methoxy groups -OCH3 is 1. The maximum absolute atomic E-state index is 10.4. The molecule has 1 radical (unpaired) electrons. The molecule has 0 unspecified atom stereocenters. The normalized spacial score (nSPS) is 10.1. The van der Waals surface area contributed by atoms with Gasteiger partial charge in [0.2, 0.25) is 0 Å². The van der Waals surface area contributed by atoms with Gasteiger partial charge in [-0.15, -0.1) is 0 Å². The summed E-state index contributed by atoms with van der Waals surface area (Å²) in [6.07, 6.45) is 9.40. The molecule has 0 aromatic carbocycles. The molecule has 0 saturated heterocycles. The summed E-state index contributed by atoms with van der Waals surface area (Å²) in [4.78, 5) is 20.3. The molecule has 0 heterocycles. The van der Waals surface area contributed by atoms with Gasteiger partial charge in [0.15, 0.2) is 0 Å². The largest absolute Gasteiger partial charge is 0.481 e. The molecule has 23 heavy (non-hydrogen) atoms. The third-order valence-corrected chi connectivity index (χ3v) is 12.7. The molecule has 0 rings (SSSR count). The first-order chi connectivity index (χ1) is 11.0. The number of hydrogen-bond acceptors (Lipinski definition) is 3. The van der Waals surface area contributed by atoms with E-state index in [-0.39, 0.29) is 18.8 Å². The van der Waals surface area contributed by atoms with Crippen molar-refractivity contribution in [1.82, 2.24) is 0 Å². The summed E-state index contributed by atoms with van der Waals surface area (Å²) < 4.78 is 9.34. The molecular weight excluding hydrogens is 399 g/mol. The molecule has 137 valence electrons. The van der Waals surface area contributed by atoms with Gasteiger partial charge in [-0.1, -0.05) is 0 Å². The Morgan fingerprint density at radius 1 is 0.826 bits per heavy atom. The Balaban J connectivity index is 0. The van der Waals surface area contributed by atoms with Crippen molar-refractivity contribution in [2.24, 2.45) is 0 Å². The van der Waals surface area contributed by atoms with Crippen LogP contribution in [0.4, 0.5) is 0 Å². The number of carboxylic acids is 1. The zero-order chi connectivity index (χ0) is 17.9. The quantitative estimate of drug-likeness (QED) is 0.315. The van der Waals surface area contributed by atoms with Gasteiger partial charge < -0.3 is 9.84 Å². The van der Waals surface area contributed by atoms with Crippen LogP contribution >= 0.6 is 0 Å². The summed E-state index contributed by atoms with van der Waals surface area (Å²) >= 11 is -0.839. The summed E-state index contributed by atoms with van der Waals surface area (Å²) in [5, 5.41) is 8.15. The molecule has 0 aromatic heterocycles. The van der Waals surface area contributed by atoms with Crippen LogP contribution in [0.2, 0.25) is 13.3 Å². The van der Waals surface area contributed by atoms with Crippen molar-refractivity contribution in [3.05, 3.63) is 0 Å². The van der Waals surface area contributed by atoms with E-state index < -0.39 is 25.7 Å². The van der Waals surface area contributed by atoms with Crippen LogP contribution in [0.25, 0.3) is 0 Å². The first-order valence-electron chi connectivity index (χ1n) is 9.13. The second-order valence-corrected chi connectivity index (χ2v) is 14.4. The van der Waals surface area contributed by atoms with Crippen LogP contribution in [0.1, 0.15) is 78.6 Å². The Morgan fingerprint density at radius 3 is 1.57 bits per heavy atom. The Kier molecular flexibility index (Phi) is 21.5.